The number of carbonyl (C=O) groups is 2. The number of nitrogens with one attached hydrogen (secondary N) is 2. The molecule has 3 aromatic rings. The molecule has 0 aliphatic rings. The van der Waals surface area contributed by atoms with E-state index in [-0.39, 0.29) is 17.5 Å². The molecule has 0 radical (unpaired) electrons. The summed E-state index contributed by atoms with van der Waals surface area (Å²) in [6.45, 7) is 9.68. The molecule has 0 saturated carbocycles. The topological polar surface area (TPSA) is 76.0 Å². The van der Waals surface area contributed by atoms with Crippen molar-refractivity contribution in [3.8, 4) is 0 Å². The standard InChI is InChI=1S/C23H26N4O2/c1-14-8-15(2)11-19(10-14)24-22(28)18(5)27-7-6-21(26-27)23(29)25-20-12-16(3)9-17(4)13-20/h6-13,18H,1-5H3,(H,24,28)(H,25,29). The van der Waals surface area contributed by atoms with E-state index in [1.807, 2.05) is 64.1 Å². The third-order valence-corrected chi connectivity index (χ3v) is 4.59. The highest BCUT2D eigenvalue weighted by molar-refractivity contribution is 6.03. The van der Waals surface area contributed by atoms with Crippen LogP contribution in [0.3, 0.4) is 0 Å². The van der Waals surface area contributed by atoms with E-state index in [9.17, 15) is 9.59 Å². The van der Waals surface area contributed by atoms with Crippen molar-refractivity contribution in [3.63, 3.8) is 0 Å². The molecular weight excluding hydrogens is 364 g/mol. The number of nitrogens with zero attached hydrogens (tertiary/aromatic N) is 2. The number of carbonyl (C=O) groups excluding carboxylic acids is 2. The Morgan fingerprint density at radius 1 is 0.828 bits per heavy atom. The van der Waals surface area contributed by atoms with Crippen LogP contribution in [0, 0.1) is 27.7 Å². The highest BCUT2D eigenvalue weighted by Crippen LogP contribution is 2.17. The van der Waals surface area contributed by atoms with Gasteiger partial charge in [0.15, 0.2) is 5.69 Å². The summed E-state index contributed by atoms with van der Waals surface area (Å²) in [5.74, 6) is -0.505. The second kappa shape index (κ2) is 8.31. The quantitative estimate of drug-likeness (QED) is 0.670. The van der Waals surface area contributed by atoms with E-state index in [1.165, 1.54) is 4.68 Å². The third-order valence-electron chi connectivity index (χ3n) is 4.59. The van der Waals surface area contributed by atoms with Gasteiger partial charge < -0.3 is 10.6 Å². The molecule has 0 bridgehead atoms. The first kappa shape index (κ1) is 20.3. The molecule has 0 spiro atoms. The van der Waals surface area contributed by atoms with Gasteiger partial charge in [0.1, 0.15) is 6.04 Å². The molecule has 2 aromatic carbocycles. The molecule has 1 atom stereocenters. The number of hydrogen-bond acceptors (Lipinski definition) is 3. The number of amides is 2. The molecule has 1 unspecified atom stereocenters. The summed E-state index contributed by atoms with van der Waals surface area (Å²) in [4.78, 5) is 25.1. The van der Waals surface area contributed by atoms with Crippen molar-refractivity contribution in [2.45, 2.75) is 40.7 Å². The lowest BCUT2D eigenvalue weighted by Gasteiger charge is -2.13. The zero-order chi connectivity index (χ0) is 21.1. The van der Waals surface area contributed by atoms with Gasteiger partial charge in [0, 0.05) is 17.6 Å². The maximum absolute atomic E-state index is 12.6. The van der Waals surface area contributed by atoms with Gasteiger partial charge in [0.05, 0.1) is 0 Å². The van der Waals surface area contributed by atoms with Gasteiger partial charge in [0.2, 0.25) is 5.91 Å². The van der Waals surface area contributed by atoms with Crippen molar-refractivity contribution in [1.29, 1.82) is 0 Å². The van der Waals surface area contributed by atoms with Crippen LogP contribution in [0.1, 0.15) is 45.7 Å². The normalized spacial score (nSPS) is 11.8. The predicted molar refractivity (Wildman–Crippen MR) is 115 cm³/mol. The van der Waals surface area contributed by atoms with E-state index in [0.717, 1.165) is 33.6 Å². The second-order valence-corrected chi connectivity index (χ2v) is 7.55. The van der Waals surface area contributed by atoms with Crippen molar-refractivity contribution < 1.29 is 9.59 Å². The molecule has 3 rings (SSSR count). The van der Waals surface area contributed by atoms with E-state index in [1.54, 1.807) is 19.2 Å². The van der Waals surface area contributed by atoms with Crippen LogP contribution in [0.5, 0.6) is 0 Å². The highest BCUT2D eigenvalue weighted by Gasteiger charge is 2.18. The zero-order valence-electron chi connectivity index (χ0n) is 17.4. The smallest absolute Gasteiger partial charge is 0.276 e. The van der Waals surface area contributed by atoms with Gasteiger partial charge in [0.25, 0.3) is 5.91 Å². The largest absolute Gasteiger partial charge is 0.324 e. The van der Waals surface area contributed by atoms with Crippen LogP contribution in [-0.4, -0.2) is 21.6 Å². The molecule has 1 aromatic heterocycles. The zero-order valence-corrected chi connectivity index (χ0v) is 17.4. The monoisotopic (exact) mass is 390 g/mol. The first-order chi connectivity index (χ1) is 13.7. The fraction of sp³-hybridized carbons (Fsp3) is 0.261. The van der Waals surface area contributed by atoms with Crippen molar-refractivity contribution in [2.75, 3.05) is 10.6 Å². The molecule has 150 valence electrons. The number of hydrogen-bond donors (Lipinski definition) is 2. The highest BCUT2D eigenvalue weighted by atomic mass is 16.2. The average molecular weight is 390 g/mol. The predicted octanol–water partition coefficient (Wildman–Crippen LogP) is 4.57. The van der Waals surface area contributed by atoms with Crippen LogP contribution >= 0.6 is 0 Å². The Hall–Kier alpha value is -3.41. The van der Waals surface area contributed by atoms with Crippen molar-refractivity contribution in [3.05, 3.63) is 76.6 Å². The maximum atomic E-state index is 12.6. The lowest BCUT2D eigenvalue weighted by molar-refractivity contribution is -0.119. The Bertz CT molecular complexity index is 1030. The SMILES string of the molecule is Cc1cc(C)cc(NC(=O)c2ccn(C(C)C(=O)Nc3cc(C)cc(C)c3)n2)c1. The summed E-state index contributed by atoms with van der Waals surface area (Å²) in [6, 6.07) is 12.8. The minimum atomic E-state index is -0.557. The molecule has 6 heteroatoms. The van der Waals surface area contributed by atoms with Crippen LogP contribution in [0.15, 0.2) is 48.7 Å². The van der Waals surface area contributed by atoms with Gasteiger partial charge in [-0.1, -0.05) is 12.1 Å². The molecule has 0 fully saturated rings. The Morgan fingerprint density at radius 3 is 1.83 bits per heavy atom. The van der Waals surface area contributed by atoms with Gasteiger partial charge in [-0.2, -0.15) is 5.10 Å². The van der Waals surface area contributed by atoms with Gasteiger partial charge in [-0.05, 0) is 87.2 Å². The Morgan fingerprint density at radius 2 is 1.31 bits per heavy atom. The number of aromatic nitrogens is 2. The summed E-state index contributed by atoms with van der Waals surface area (Å²) < 4.78 is 1.49. The number of rotatable bonds is 5. The fourth-order valence-electron chi connectivity index (χ4n) is 3.33. The number of aryl methyl sites for hydroxylation is 4. The van der Waals surface area contributed by atoms with Gasteiger partial charge >= 0.3 is 0 Å². The third kappa shape index (κ3) is 5.10. The van der Waals surface area contributed by atoms with E-state index in [0.29, 0.717) is 0 Å². The summed E-state index contributed by atoms with van der Waals surface area (Å²) in [6.07, 6.45) is 1.64. The van der Waals surface area contributed by atoms with Crippen LogP contribution in [0.25, 0.3) is 0 Å². The summed E-state index contributed by atoms with van der Waals surface area (Å²) in [5, 5.41) is 10.1. The van der Waals surface area contributed by atoms with Crippen molar-refractivity contribution >= 4 is 23.2 Å². The van der Waals surface area contributed by atoms with E-state index < -0.39 is 6.04 Å². The van der Waals surface area contributed by atoms with Crippen LogP contribution < -0.4 is 10.6 Å². The van der Waals surface area contributed by atoms with Gasteiger partial charge in [-0.25, -0.2) is 0 Å². The Balaban J connectivity index is 1.69. The fourth-order valence-corrected chi connectivity index (χ4v) is 3.33. The lowest BCUT2D eigenvalue weighted by atomic mass is 10.1. The first-order valence-corrected chi connectivity index (χ1v) is 9.55. The first-order valence-electron chi connectivity index (χ1n) is 9.55. The molecule has 0 saturated heterocycles. The summed E-state index contributed by atoms with van der Waals surface area (Å²) in [7, 11) is 0. The Labute approximate surface area is 170 Å². The molecule has 6 nitrogen and oxygen atoms in total. The average Bonchev–Trinajstić information content (AvgIpc) is 3.09. The summed E-state index contributed by atoms with van der Waals surface area (Å²) in [5.41, 5.74) is 6.04. The second-order valence-electron chi connectivity index (χ2n) is 7.55. The number of benzene rings is 2. The van der Waals surface area contributed by atoms with Crippen LogP contribution in [0.2, 0.25) is 0 Å². The van der Waals surface area contributed by atoms with E-state index in [2.05, 4.69) is 15.7 Å². The van der Waals surface area contributed by atoms with Gasteiger partial charge in [-0.3, -0.25) is 14.3 Å². The van der Waals surface area contributed by atoms with E-state index in [4.69, 9.17) is 0 Å². The lowest BCUT2D eigenvalue weighted by Crippen LogP contribution is -2.24. The number of anilines is 2. The molecule has 0 aliphatic heterocycles. The van der Waals surface area contributed by atoms with Crippen molar-refractivity contribution in [1.82, 2.24) is 9.78 Å². The molecule has 29 heavy (non-hydrogen) atoms. The maximum Gasteiger partial charge on any atom is 0.276 e. The van der Waals surface area contributed by atoms with Crippen molar-refractivity contribution in [2.24, 2.45) is 0 Å². The molecule has 2 N–H and O–H groups in total. The molecule has 2 amide bonds. The molecular formula is C23H26N4O2. The minimum absolute atomic E-state index is 0.195. The molecule has 0 aliphatic carbocycles. The molecule has 1 heterocycles. The van der Waals surface area contributed by atoms with Crippen LogP contribution in [-0.2, 0) is 4.79 Å². The van der Waals surface area contributed by atoms with Crippen LogP contribution in [0.4, 0.5) is 11.4 Å². The van der Waals surface area contributed by atoms with Gasteiger partial charge in [-0.15, -0.1) is 0 Å². The summed E-state index contributed by atoms with van der Waals surface area (Å²) >= 11 is 0. The van der Waals surface area contributed by atoms with E-state index >= 15 is 0 Å². The Kier molecular flexibility index (Phi) is 5.82. The minimum Gasteiger partial charge on any atom is -0.324 e.